The van der Waals surface area contributed by atoms with Crippen LogP contribution >= 0.6 is 15.9 Å². The number of nitro benzene ring substituents is 1. The molecule has 0 bridgehead atoms. The van der Waals surface area contributed by atoms with Crippen LogP contribution in [-0.2, 0) is 0 Å². The number of nitro groups is 1. The lowest BCUT2D eigenvalue weighted by Crippen LogP contribution is -2.31. The Labute approximate surface area is 110 Å². The summed E-state index contributed by atoms with van der Waals surface area (Å²) in [4.78, 5) is 11.2. The van der Waals surface area contributed by atoms with Crippen LogP contribution in [0.15, 0.2) is 22.7 Å². The Morgan fingerprint density at radius 3 is 2.61 bits per heavy atom. The van der Waals surface area contributed by atoms with Crippen LogP contribution < -0.4 is 4.90 Å². The van der Waals surface area contributed by atoms with E-state index in [0.29, 0.717) is 10.2 Å². The van der Waals surface area contributed by atoms with Crippen molar-refractivity contribution < 1.29 is 18.8 Å². The zero-order valence-corrected chi connectivity index (χ0v) is 10.8. The van der Waals surface area contributed by atoms with Gasteiger partial charge >= 0.3 is 0 Å². The fraction of sp³-hybridized carbons (Fsp3) is 0.400. The van der Waals surface area contributed by atoms with E-state index in [4.69, 9.17) is 5.11 Å². The van der Waals surface area contributed by atoms with E-state index in [2.05, 4.69) is 15.9 Å². The average Bonchev–Trinajstić information content (AvgIpc) is 2.27. The molecule has 0 aliphatic carbocycles. The third-order valence-corrected chi connectivity index (χ3v) is 2.85. The van der Waals surface area contributed by atoms with Crippen molar-refractivity contribution in [2.45, 2.75) is 6.43 Å². The molecule has 1 aromatic rings. The number of alkyl halides is 2. The number of aliphatic hydroxyl groups is 1. The summed E-state index contributed by atoms with van der Waals surface area (Å²) in [6.07, 6.45) is -2.56. The number of nitrogens with zero attached hydrogens (tertiary/aromatic N) is 2. The van der Waals surface area contributed by atoms with Gasteiger partial charge in [0.2, 0.25) is 0 Å². The van der Waals surface area contributed by atoms with E-state index in [-0.39, 0.29) is 18.8 Å². The van der Waals surface area contributed by atoms with Gasteiger partial charge in [-0.2, -0.15) is 0 Å². The van der Waals surface area contributed by atoms with Crippen LogP contribution in [0.5, 0.6) is 0 Å². The molecule has 0 aromatic heterocycles. The maximum Gasteiger partial charge on any atom is 0.270 e. The summed E-state index contributed by atoms with van der Waals surface area (Å²) in [6.45, 7) is -0.798. The van der Waals surface area contributed by atoms with Crippen LogP contribution in [0.4, 0.5) is 20.2 Å². The molecule has 1 rings (SSSR count). The Kier molecular flexibility index (Phi) is 5.42. The lowest BCUT2D eigenvalue weighted by molar-refractivity contribution is -0.384. The second kappa shape index (κ2) is 6.60. The smallest absolute Gasteiger partial charge is 0.270 e. The lowest BCUT2D eigenvalue weighted by Gasteiger charge is -2.24. The minimum atomic E-state index is -2.56. The van der Waals surface area contributed by atoms with Gasteiger partial charge in [-0.1, -0.05) is 0 Å². The van der Waals surface area contributed by atoms with Crippen LogP contribution in [0.1, 0.15) is 0 Å². The van der Waals surface area contributed by atoms with Gasteiger partial charge < -0.3 is 10.0 Å². The minimum absolute atomic E-state index is 0.0285. The summed E-state index contributed by atoms with van der Waals surface area (Å²) in [6, 6.07) is 3.85. The van der Waals surface area contributed by atoms with Gasteiger partial charge in [0.1, 0.15) is 0 Å². The number of aliphatic hydroxyl groups excluding tert-OH is 1. The van der Waals surface area contributed by atoms with Gasteiger partial charge in [0.25, 0.3) is 12.1 Å². The van der Waals surface area contributed by atoms with Crippen molar-refractivity contribution in [2.24, 2.45) is 0 Å². The molecule has 0 unspecified atom stereocenters. The summed E-state index contributed by atoms with van der Waals surface area (Å²) >= 11 is 3.10. The van der Waals surface area contributed by atoms with E-state index in [9.17, 15) is 18.9 Å². The molecule has 100 valence electrons. The van der Waals surface area contributed by atoms with Crippen LogP contribution in [0.2, 0.25) is 0 Å². The van der Waals surface area contributed by atoms with Crippen molar-refractivity contribution in [1.82, 2.24) is 0 Å². The zero-order valence-electron chi connectivity index (χ0n) is 9.22. The third kappa shape index (κ3) is 3.88. The molecule has 1 N–H and O–H groups in total. The monoisotopic (exact) mass is 324 g/mol. The first-order chi connectivity index (χ1) is 8.45. The van der Waals surface area contributed by atoms with Crippen molar-refractivity contribution >= 4 is 27.3 Å². The molecule has 18 heavy (non-hydrogen) atoms. The first-order valence-corrected chi connectivity index (χ1v) is 5.83. The number of benzene rings is 1. The highest BCUT2D eigenvalue weighted by atomic mass is 79.9. The number of hydrogen-bond acceptors (Lipinski definition) is 4. The van der Waals surface area contributed by atoms with E-state index in [1.807, 2.05) is 0 Å². The van der Waals surface area contributed by atoms with E-state index in [1.54, 1.807) is 0 Å². The van der Waals surface area contributed by atoms with Crippen molar-refractivity contribution in [3.05, 3.63) is 32.8 Å². The molecule has 0 heterocycles. The van der Waals surface area contributed by atoms with Gasteiger partial charge in [-0.3, -0.25) is 10.1 Å². The standard InChI is InChI=1S/C10H11BrF2N2O3/c11-8-5-7(15(17)18)1-2-9(8)14(3-4-16)6-10(12)13/h1-2,5,10,16H,3-4,6H2. The first-order valence-electron chi connectivity index (χ1n) is 5.03. The molecule has 5 nitrogen and oxygen atoms in total. The third-order valence-electron chi connectivity index (χ3n) is 2.21. The second-order valence-electron chi connectivity index (χ2n) is 3.45. The highest BCUT2D eigenvalue weighted by Gasteiger charge is 2.17. The number of rotatable bonds is 6. The summed E-state index contributed by atoms with van der Waals surface area (Å²) in [5.74, 6) is 0. The molecule has 0 aliphatic heterocycles. The van der Waals surface area contributed by atoms with Gasteiger partial charge in [0.05, 0.1) is 23.8 Å². The zero-order chi connectivity index (χ0) is 13.7. The molecule has 0 amide bonds. The van der Waals surface area contributed by atoms with Crippen LogP contribution in [0.25, 0.3) is 0 Å². The Morgan fingerprint density at radius 2 is 2.17 bits per heavy atom. The Morgan fingerprint density at radius 1 is 1.50 bits per heavy atom. The fourth-order valence-corrected chi connectivity index (χ4v) is 2.08. The van der Waals surface area contributed by atoms with Crippen LogP contribution in [0.3, 0.4) is 0 Å². The average molecular weight is 325 g/mol. The molecule has 0 saturated heterocycles. The number of non-ortho nitro benzene ring substituents is 1. The predicted molar refractivity (Wildman–Crippen MR) is 66.1 cm³/mol. The molecular weight excluding hydrogens is 314 g/mol. The van der Waals surface area contributed by atoms with Crippen molar-refractivity contribution in [3.63, 3.8) is 0 Å². The molecular formula is C10H11BrF2N2O3. The molecule has 0 saturated carbocycles. The Balaban J connectivity index is 3.01. The molecule has 8 heteroatoms. The molecule has 0 atom stereocenters. The van der Waals surface area contributed by atoms with Crippen LogP contribution in [-0.4, -0.2) is 36.2 Å². The quantitative estimate of drug-likeness (QED) is 0.644. The maximum absolute atomic E-state index is 12.4. The van der Waals surface area contributed by atoms with Crippen molar-refractivity contribution in [1.29, 1.82) is 0 Å². The van der Waals surface area contributed by atoms with Gasteiger partial charge in [-0.05, 0) is 22.0 Å². The molecule has 0 fully saturated rings. The molecule has 0 aliphatic rings. The van der Waals surface area contributed by atoms with E-state index >= 15 is 0 Å². The summed E-state index contributed by atoms with van der Waals surface area (Å²) < 4.78 is 25.1. The topological polar surface area (TPSA) is 66.6 Å². The molecule has 1 aromatic carbocycles. The Bertz CT molecular complexity index is 432. The number of halogens is 3. The first kappa shape index (κ1) is 14.8. The number of hydrogen-bond donors (Lipinski definition) is 1. The minimum Gasteiger partial charge on any atom is -0.395 e. The van der Waals surface area contributed by atoms with Gasteiger partial charge in [-0.15, -0.1) is 0 Å². The van der Waals surface area contributed by atoms with E-state index < -0.39 is 17.9 Å². The maximum atomic E-state index is 12.4. The highest BCUT2D eigenvalue weighted by molar-refractivity contribution is 9.10. The predicted octanol–water partition coefficient (Wildman–Crippen LogP) is 2.42. The van der Waals surface area contributed by atoms with Gasteiger partial charge in [-0.25, -0.2) is 8.78 Å². The molecule has 0 spiro atoms. The van der Waals surface area contributed by atoms with E-state index in [1.165, 1.54) is 23.1 Å². The SMILES string of the molecule is O=[N+]([O-])c1ccc(N(CCO)CC(F)F)c(Br)c1. The summed E-state index contributed by atoms with van der Waals surface area (Å²) in [5, 5.41) is 19.4. The highest BCUT2D eigenvalue weighted by Crippen LogP contribution is 2.30. The van der Waals surface area contributed by atoms with Gasteiger partial charge in [0.15, 0.2) is 0 Å². The van der Waals surface area contributed by atoms with Crippen molar-refractivity contribution in [2.75, 3.05) is 24.6 Å². The van der Waals surface area contributed by atoms with E-state index in [0.717, 1.165) is 0 Å². The van der Waals surface area contributed by atoms with Crippen molar-refractivity contribution in [3.8, 4) is 0 Å². The number of anilines is 1. The second-order valence-corrected chi connectivity index (χ2v) is 4.31. The summed E-state index contributed by atoms with van der Waals surface area (Å²) in [5.41, 5.74) is 0.251. The Hall–Kier alpha value is -1.28. The lowest BCUT2D eigenvalue weighted by atomic mass is 10.2. The fourth-order valence-electron chi connectivity index (χ4n) is 1.46. The normalized spacial score (nSPS) is 10.7. The molecule has 0 radical (unpaired) electrons. The van der Waals surface area contributed by atoms with Crippen LogP contribution in [0, 0.1) is 10.1 Å². The summed E-state index contributed by atoms with van der Waals surface area (Å²) in [7, 11) is 0. The van der Waals surface area contributed by atoms with Gasteiger partial charge in [0, 0.05) is 23.2 Å². The largest absolute Gasteiger partial charge is 0.395 e.